The Morgan fingerprint density at radius 3 is 1.83 bits per heavy atom. The third kappa shape index (κ3) is 3.15. The number of rotatable bonds is 3. The zero-order valence-electron chi connectivity index (χ0n) is 14.7. The van der Waals surface area contributed by atoms with Crippen LogP contribution in [0.3, 0.4) is 0 Å². The van der Waals surface area contributed by atoms with Gasteiger partial charge in [-0.3, -0.25) is 0 Å². The molecule has 0 unspecified atom stereocenters. The Kier molecular flexibility index (Phi) is 4.48. The normalized spacial score (nSPS) is 24.8. The Bertz CT molecular complexity index is 581. The Balaban J connectivity index is 2.00. The predicted octanol–water partition coefficient (Wildman–Crippen LogP) is 5.71. The summed E-state index contributed by atoms with van der Waals surface area (Å²) in [5.41, 5.74) is 11.2. The largest absolute Gasteiger partial charge is 0.399 e. The monoisotopic (exact) mass is 307 g/mol. The first-order valence-electron chi connectivity index (χ1n) is 8.94. The van der Waals surface area contributed by atoms with Crippen LogP contribution >= 0.6 is 0 Å². The Labute approximate surface area is 140 Å². The minimum atomic E-state index is 0.160. The number of anilines is 1. The van der Waals surface area contributed by atoms with E-state index in [1.54, 1.807) is 0 Å². The van der Waals surface area contributed by atoms with Gasteiger partial charge < -0.3 is 5.73 Å². The molecule has 23 heavy (non-hydrogen) atoms. The molecule has 2 aromatic carbocycles. The van der Waals surface area contributed by atoms with Crippen LogP contribution in [0.25, 0.3) is 0 Å². The van der Waals surface area contributed by atoms with Gasteiger partial charge in [0.2, 0.25) is 0 Å². The van der Waals surface area contributed by atoms with Crippen molar-refractivity contribution in [3.63, 3.8) is 0 Å². The minimum absolute atomic E-state index is 0.160. The van der Waals surface area contributed by atoms with E-state index in [2.05, 4.69) is 69.3 Å². The van der Waals surface area contributed by atoms with E-state index >= 15 is 0 Å². The van der Waals surface area contributed by atoms with E-state index in [-0.39, 0.29) is 5.41 Å². The summed E-state index contributed by atoms with van der Waals surface area (Å²) in [5, 5.41) is 0. The van der Waals surface area contributed by atoms with Gasteiger partial charge in [0, 0.05) is 11.1 Å². The molecule has 0 heterocycles. The van der Waals surface area contributed by atoms with Gasteiger partial charge in [-0.25, -0.2) is 0 Å². The zero-order chi connectivity index (χ0) is 16.4. The summed E-state index contributed by atoms with van der Waals surface area (Å²) in [7, 11) is 0. The zero-order valence-corrected chi connectivity index (χ0v) is 14.7. The second-order valence-electron chi connectivity index (χ2n) is 7.65. The lowest BCUT2D eigenvalue weighted by atomic mass is 9.61. The maximum absolute atomic E-state index is 5.92. The Morgan fingerprint density at radius 2 is 1.35 bits per heavy atom. The van der Waals surface area contributed by atoms with Gasteiger partial charge in [0.15, 0.2) is 0 Å². The van der Waals surface area contributed by atoms with Crippen LogP contribution in [0.5, 0.6) is 0 Å². The average molecular weight is 307 g/mol. The van der Waals surface area contributed by atoms with E-state index in [1.165, 1.54) is 42.4 Å². The van der Waals surface area contributed by atoms with Crippen molar-refractivity contribution < 1.29 is 0 Å². The third-order valence-electron chi connectivity index (χ3n) is 5.89. The van der Waals surface area contributed by atoms with Crippen LogP contribution < -0.4 is 5.73 Å². The van der Waals surface area contributed by atoms with Crippen LogP contribution in [-0.4, -0.2) is 0 Å². The Morgan fingerprint density at radius 1 is 0.870 bits per heavy atom. The highest BCUT2D eigenvalue weighted by atomic mass is 14.5. The molecule has 1 nitrogen and oxygen atoms in total. The van der Waals surface area contributed by atoms with Crippen molar-refractivity contribution in [2.24, 2.45) is 11.8 Å². The lowest BCUT2D eigenvalue weighted by Crippen LogP contribution is -2.34. The number of aryl methyl sites for hydroxylation is 1. The molecule has 0 aliphatic heterocycles. The van der Waals surface area contributed by atoms with Gasteiger partial charge in [0.05, 0.1) is 0 Å². The van der Waals surface area contributed by atoms with E-state index in [0.29, 0.717) is 0 Å². The third-order valence-corrected chi connectivity index (χ3v) is 5.89. The van der Waals surface area contributed by atoms with Crippen molar-refractivity contribution in [1.29, 1.82) is 0 Å². The summed E-state index contributed by atoms with van der Waals surface area (Å²) in [6.07, 6.45) is 5.11. The molecule has 1 aliphatic carbocycles. The number of nitrogens with two attached hydrogens (primary N) is 1. The smallest absolute Gasteiger partial charge is 0.0314 e. The SMILES string of the molecule is Cc1ccc(C2(c3ccc(N)cc3)CCC(C(C)C)CC2)cc1. The molecule has 0 radical (unpaired) electrons. The molecule has 2 aromatic rings. The molecule has 1 fully saturated rings. The Hall–Kier alpha value is -1.76. The molecular weight excluding hydrogens is 278 g/mol. The van der Waals surface area contributed by atoms with Crippen molar-refractivity contribution in [2.75, 3.05) is 5.73 Å². The van der Waals surface area contributed by atoms with Crippen LogP contribution in [0, 0.1) is 18.8 Å². The van der Waals surface area contributed by atoms with E-state index in [0.717, 1.165) is 17.5 Å². The molecule has 0 bridgehead atoms. The summed E-state index contributed by atoms with van der Waals surface area (Å²) in [6.45, 7) is 6.90. The molecule has 2 N–H and O–H groups in total. The van der Waals surface area contributed by atoms with Gasteiger partial charge in [-0.2, -0.15) is 0 Å². The fraction of sp³-hybridized carbons (Fsp3) is 0.455. The molecule has 1 aliphatic rings. The van der Waals surface area contributed by atoms with Gasteiger partial charge in [-0.15, -0.1) is 0 Å². The topological polar surface area (TPSA) is 26.0 Å². The van der Waals surface area contributed by atoms with Crippen LogP contribution in [0.15, 0.2) is 48.5 Å². The second kappa shape index (κ2) is 6.39. The van der Waals surface area contributed by atoms with E-state index in [9.17, 15) is 0 Å². The molecule has 0 atom stereocenters. The fourth-order valence-corrected chi connectivity index (χ4v) is 4.22. The average Bonchev–Trinajstić information content (AvgIpc) is 2.56. The first-order valence-corrected chi connectivity index (χ1v) is 8.94. The van der Waals surface area contributed by atoms with Crippen molar-refractivity contribution in [3.8, 4) is 0 Å². The standard InChI is InChI=1S/C22H29N/c1-16(2)18-12-14-22(15-13-18,19-6-4-17(3)5-7-19)20-8-10-21(23)11-9-20/h4-11,16,18H,12-15,23H2,1-3H3. The number of hydrogen-bond acceptors (Lipinski definition) is 1. The van der Waals surface area contributed by atoms with Gasteiger partial charge in [-0.1, -0.05) is 55.8 Å². The highest BCUT2D eigenvalue weighted by molar-refractivity contribution is 5.46. The molecule has 0 saturated heterocycles. The second-order valence-corrected chi connectivity index (χ2v) is 7.65. The summed E-state index contributed by atoms with van der Waals surface area (Å²) in [4.78, 5) is 0. The summed E-state index contributed by atoms with van der Waals surface area (Å²) in [5.74, 6) is 1.65. The van der Waals surface area contributed by atoms with Crippen molar-refractivity contribution in [1.82, 2.24) is 0 Å². The van der Waals surface area contributed by atoms with Gasteiger partial charge >= 0.3 is 0 Å². The van der Waals surface area contributed by atoms with Crippen molar-refractivity contribution in [3.05, 3.63) is 65.2 Å². The molecular formula is C22H29N. The van der Waals surface area contributed by atoms with Crippen LogP contribution in [0.4, 0.5) is 5.69 Å². The molecule has 3 rings (SSSR count). The highest BCUT2D eigenvalue weighted by Gasteiger charge is 2.38. The first kappa shape index (κ1) is 16.1. The number of benzene rings is 2. The molecule has 0 spiro atoms. The summed E-state index contributed by atoms with van der Waals surface area (Å²) >= 11 is 0. The molecule has 1 heteroatoms. The van der Waals surface area contributed by atoms with Crippen molar-refractivity contribution in [2.45, 2.75) is 51.9 Å². The molecule has 0 aromatic heterocycles. The van der Waals surface area contributed by atoms with E-state index in [4.69, 9.17) is 5.73 Å². The van der Waals surface area contributed by atoms with Gasteiger partial charge in [0.25, 0.3) is 0 Å². The van der Waals surface area contributed by atoms with Crippen molar-refractivity contribution >= 4 is 5.69 Å². The minimum Gasteiger partial charge on any atom is -0.399 e. The summed E-state index contributed by atoms with van der Waals surface area (Å²) in [6, 6.07) is 17.8. The lowest BCUT2D eigenvalue weighted by Gasteiger charge is -2.42. The highest BCUT2D eigenvalue weighted by Crippen LogP contribution is 2.48. The summed E-state index contributed by atoms with van der Waals surface area (Å²) < 4.78 is 0. The van der Waals surface area contributed by atoms with Gasteiger partial charge in [0.1, 0.15) is 0 Å². The molecule has 0 amide bonds. The van der Waals surface area contributed by atoms with Crippen LogP contribution in [0.2, 0.25) is 0 Å². The maximum atomic E-state index is 5.92. The van der Waals surface area contributed by atoms with E-state index in [1.807, 2.05) is 0 Å². The quantitative estimate of drug-likeness (QED) is 0.722. The molecule has 1 saturated carbocycles. The van der Waals surface area contributed by atoms with E-state index < -0.39 is 0 Å². The maximum Gasteiger partial charge on any atom is 0.0314 e. The van der Waals surface area contributed by atoms with Crippen LogP contribution in [-0.2, 0) is 5.41 Å². The fourth-order valence-electron chi connectivity index (χ4n) is 4.22. The first-order chi connectivity index (χ1) is 11.0. The number of nitrogen functional groups attached to an aromatic ring is 1. The molecule has 122 valence electrons. The van der Waals surface area contributed by atoms with Gasteiger partial charge in [-0.05, 0) is 67.7 Å². The number of hydrogen-bond donors (Lipinski definition) is 1. The van der Waals surface area contributed by atoms with Crippen LogP contribution in [0.1, 0.15) is 56.2 Å². The lowest BCUT2D eigenvalue weighted by molar-refractivity contribution is 0.217. The predicted molar refractivity (Wildman–Crippen MR) is 99.6 cm³/mol.